The molecule has 2 nitrogen and oxygen atoms in total. The predicted molar refractivity (Wildman–Crippen MR) is 71.6 cm³/mol. The normalized spacial score (nSPS) is 13.1. The van der Waals surface area contributed by atoms with Crippen LogP contribution in [-0.4, -0.2) is 22.6 Å². The summed E-state index contributed by atoms with van der Waals surface area (Å²) in [5.74, 6) is 0.301. The van der Waals surface area contributed by atoms with Crippen LogP contribution in [0.15, 0.2) is 22.7 Å². The van der Waals surface area contributed by atoms with Gasteiger partial charge in [0.25, 0.3) is 0 Å². The molecule has 0 aliphatic carbocycles. The second-order valence-electron chi connectivity index (χ2n) is 4.11. The van der Waals surface area contributed by atoms with E-state index in [1.54, 1.807) is 6.07 Å². The molecule has 1 atom stereocenters. The Bertz CT molecular complexity index is 341. The van der Waals surface area contributed by atoms with Crippen LogP contribution in [0.4, 0.5) is 0 Å². The first kappa shape index (κ1) is 13.5. The van der Waals surface area contributed by atoms with Gasteiger partial charge in [0.05, 0.1) is 4.47 Å². The molecule has 16 heavy (non-hydrogen) atoms. The molecule has 0 saturated carbocycles. The van der Waals surface area contributed by atoms with Gasteiger partial charge in [0, 0.05) is 12.6 Å². The van der Waals surface area contributed by atoms with Crippen molar-refractivity contribution in [3.05, 3.63) is 28.2 Å². The van der Waals surface area contributed by atoms with E-state index in [0.717, 1.165) is 24.0 Å². The first-order valence-electron chi connectivity index (χ1n) is 5.79. The highest BCUT2D eigenvalue weighted by Gasteiger charge is 2.11. The number of rotatable bonds is 5. The van der Waals surface area contributed by atoms with E-state index in [1.165, 1.54) is 5.56 Å². The molecule has 0 saturated heterocycles. The van der Waals surface area contributed by atoms with E-state index in [-0.39, 0.29) is 0 Å². The Balaban J connectivity index is 2.74. The van der Waals surface area contributed by atoms with Crippen LogP contribution < -0.4 is 0 Å². The molecule has 0 fully saturated rings. The highest BCUT2D eigenvalue weighted by molar-refractivity contribution is 9.10. The van der Waals surface area contributed by atoms with Crippen molar-refractivity contribution in [1.82, 2.24) is 4.90 Å². The highest BCUT2D eigenvalue weighted by Crippen LogP contribution is 2.25. The van der Waals surface area contributed by atoms with Crippen molar-refractivity contribution in [1.29, 1.82) is 0 Å². The van der Waals surface area contributed by atoms with Crippen molar-refractivity contribution in [2.75, 3.05) is 6.54 Å². The first-order chi connectivity index (χ1) is 7.58. The maximum atomic E-state index is 9.43. The van der Waals surface area contributed by atoms with Crippen LogP contribution in [-0.2, 0) is 6.54 Å². The summed E-state index contributed by atoms with van der Waals surface area (Å²) in [4.78, 5) is 2.43. The topological polar surface area (TPSA) is 23.5 Å². The Labute approximate surface area is 106 Å². The Morgan fingerprint density at radius 1 is 1.38 bits per heavy atom. The lowest BCUT2D eigenvalue weighted by Crippen LogP contribution is -2.31. The second kappa shape index (κ2) is 6.26. The van der Waals surface area contributed by atoms with Crippen molar-refractivity contribution in [3.63, 3.8) is 0 Å². The number of hydrogen-bond acceptors (Lipinski definition) is 2. The molecule has 3 heteroatoms. The van der Waals surface area contributed by atoms with Gasteiger partial charge in [0.15, 0.2) is 0 Å². The van der Waals surface area contributed by atoms with Gasteiger partial charge in [-0.3, -0.25) is 4.90 Å². The lowest BCUT2D eigenvalue weighted by atomic mass is 10.1. The molecule has 0 aliphatic heterocycles. The molecule has 1 rings (SSSR count). The molecular formula is C13H20BrNO. The van der Waals surface area contributed by atoms with Crippen molar-refractivity contribution in [2.45, 2.75) is 39.8 Å². The van der Waals surface area contributed by atoms with Crippen LogP contribution in [0.2, 0.25) is 0 Å². The standard InChI is InChI=1S/C13H20BrNO/c1-4-10(3)15(5-2)9-11-6-7-13(16)12(14)8-11/h6-8,10,16H,4-5,9H2,1-3H3. The lowest BCUT2D eigenvalue weighted by molar-refractivity contribution is 0.206. The Hall–Kier alpha value is -0.540. The van der Waals surface area contributed by atoms with E-state index < -0.39 is 0 Å². The van der Waals surface area contributed by atoms with Gasteiger partial charge in [0.2, 0.25) is 0 Å². The zero-order valence-electron chi connectivity index (χ0n) is 10.2. The van der Waals surface area contributed by atoms with Gasteiger partial charge in [-0.2, -0.15) is 0 Å². The third-order valence-corrected chi connectivity index (χ3v) is 3.65. The average Bonchev–Trinajstić information content (AvgIpc) is 2.29. The molecule has 0 aliphatic rings. The van der Waals surface area contributed by atoms with E-state index in [9.17, 15) is 5.11 Å². The largest absolute Gasteiger partial charge is 0.507 e. The number of halogens is 1. The minimum Gasteiger partial charge on any atom is -0.507 e. The summed E-state index contributed by atoms with van der Waals surface area (Å²) in [6.45, 7) is 8.62. The minimum absolute atomic E-state index is 0.301. The third kappa shape index (κ3) is 3.49. The fraction of sp³-hybridized carbons (Fsp3) is 0.538. The molecule has 90 valence electrons. The molecule has 0 aromatic heterocycles. The predicted octanol–water partition coefficient (Wildman–Crippen LogP) is 3.78. The van der Waals surface area contributed by atoms with Crippen LogP contribution >= 0.6 is 15.9 Å². The smallest absolute Gasteiger partial charge is 0.129 e. The fourth-order valence-corrected chi connectivity index (χ4v) is 2.15. The second-order valence-corrected chi connectivity index (χ2v) is 4.96. The van der Waals surface area contributed by atoms with E-state index in [0.29, 0.717) is 11.8 Å². The van der Waals surface area contributed by atoms with Crippen LogP contribution in [0.25, 0.3) is 0 Å². The summed E-state index contributed by atoms with van der Waals surface area (Å²) in [5, 5.41) is 9.43. The Kier molecular flexibility index (Phi) is 5.29. The van der Waals surface area contributed by atoms with Gasteiger partial charge in [-0.25, -0.2) is 0 Å². The number of hydrogen-bond donors (Lipinski definition) is 1. The summed E-state index contributed by atoms with van der Waals surface area (Å²) in [7, 11) is 0. The number of benzene rings is 1. The summed E-state index contributed by atoms with van der Waals surface area (Å²) in [6, 6.07) is 6.30. The molecular weight excluding hydrogens is 266 g/mol. The monoisotopic (exact) mass is 285 g/mol. The molecule has 0 radical (unpaired) electrons. The quantitative estimate of drug-likeness (QED) is 0.890. The molecule has 0 heterocycles. The molecule has 1 unspecified atom stereocenters. The number of aromatic hydroxyl groups is 1. The fourth-order valence-electron chi connectivity index (χ4n) is 1.72. The van der Waals surface area contributed by atoms with E-state index in [1.807, 2.05) is 12.1 Å². The maximum Gasteiger partial charge on any atom is 0.129 e. The van der Waals surface area contributed by atoms with E-state index in [4.69, 9.17) is 0 Å². The molecule has 0 amide bonds. The van der Waals surface area contributed by atoms with Gasteiger partial charge >= 0.3 is 0 Å². The average molecular weight is 286 g/mol. The van der Waals surface area contributed by atoms with Crippen molar-refractivity contribution >= 4 is 15.9 Å². The van der Waals surface area contributed by atoms with Gasteiger partial charge < -0.3 is 5.11 Å². The molecule has 1 aromatic carbocycles. The number of phenols is 1. The van der Waals surface area contributed by atoms with Gasteiger partial charge in [-0.15, -0.1) is 0 Å². The summed E-state index contributed by atoms with van der Waals surface area (Å²) < 4.78 is 0.769. The lowest BCUT2D eigenvalue weighted by Gasteiger charge is -2.27. The third-order valence-electron chi connectivity index (χ3n) is 3.02. The molecule has 0 bridgehead atoms. The zero-order valence-corrected chi connectivity index (χ0v) is 11.8. The first-order valence-corrected chi connectivity index (χ1v) is 6.59. The molecule has 1 N–H and O–H groups in total. The Morgan fingerprint density at radius 2 is 2.06 bits per heavy atom. The maximum absolute atomic E-state index is 9.43. The summed E-state index contributed by atoms with van der Waals surface area (Å²) in [5.41, 5.74) is 1.23. The molecule has 0 spiro atoms. The summed E-state index contributed by atoms with van der Waals surface area (Å²) >= 11 is 3.34. The number of phenolic OH excluding ortho intramolecular Hbond substituents is 1. The van der Waals surface area contributed by atoms with Gasteiger partial charge in [-0.1, -0.05) is 19.9 Å². The van der Waals surface area contributed by atoms with Crippen LogP contribution in [0.3, 0.4) is 0 Å². The van der Waals surface area contributed by atoms with Gasteiger partial charge in [-0.05, 0) is 53.5 Å². The van der Waals surface area contributed by atoms with Crippen molar-refractivity contribution < 1.29 is 5.11 Å². The highest BCUT2D eigenvalue weighted by atomic mass is 79.9. The zero-order chi connectivity index (χ0) is 12.1. The number of nitrogens with zero attached hydrogens (tertiary/aromatic N) is 1. The van der Waals surface area contributed by atoms with Crippen molar-refractivity contribution in [3.8, 4) is 5.75 Å². The van der Waals surface area contributed by atoms with Crippen LogP contribution in [0.5, 0.6) is 5.75 Å². The van der Waals surface area contributed by atoms with Crippen LogP contribution in [0, 0.1) is 0 Å². The molecule has 1 aromatic rings. The SMILES string of the molecule is CCC(C)N(CC)Cc1ccc(O)c(Br)c1. The van der Waals surface area contributed by atoms with Gasteiger partial charge in [0.1, 0.15) is 5.75 Å². The Morgan fingerprint density at radius 3 is 2.56 bits per heavy atom. The van der Waals surface area contributed by atoms with Crippen molar-refractivity contribution in [2.24, 2.45) is 0 Å². The van der Waals surface area contributed by atoms with E-state index >= 15 is 0 Å². The minimum atomic E-state index is 0.301. The van der Waals surface area contributed by atoms with E-state index in [2.05, 4.69) is 41.6 Å². The summed E-state index contributed by atoms with van der Waals surface area (Å²) in [6.07, 6.45) is 1.16. The van der Waals surface area contributed by atoms with Crippen LogP contribution in [0.1, 0.15) is 32.8 Å².